The van der Waals surface area contributed by atoms with Crippen LogP contribution in [0.3, 0.4) is 0 Å². The van der Waals surface area contributed by atoms with E-state index in [4.69, 9.17) is 0 Å². The summed E-state index contributed by atoms with van der Waals surface area (Å²) in [5.74, 6) is -0.229. The van der Waals surface area contributed by atoms with Crippen molar-refractivity contribution < 1.29 is 9.59 Å². The van der Waals surface area contributed by atoms with Crippen LogP contribution in [0.1, 0.15) is 13.8 Å². The highest BCUT2D eigenvalue weighted by atomic mass is 79.9. The van der Waals surface area contributed by atoms with Crippen molar-refractivity contribution in [3.63, 3.8) is 0 Å². The van der Waals surface area contributed by atoms with Crippen LogP contribution >= 0.6 is 15.9 Å². The lowest BCUT2D eigenvalue weighted by atomic mass is 10.0. The van der Waals surface area contributed by atoms with Crippen LogP contribution in [-0.4, -0.2) is 41.9 Å². The normalized spacial score (nSPS) is 17.9. The number of carbonyl (C=O) groups is 2. The van der Waals surface area contributed by atoms with Crippen LogP contribution in [-0.2, 0) is 9.59 Å². The van der Waals surface area contributed by atoms with Crippen molar-refractivity contribution in [2.24, 2.45) is 0 Å². The van der Waals surface area contributed by atoms with Gasteiger partial charge in [-0.25, -0.2) is 0 Å². The van der Waals surface area contributed by atoms with Crippen molar-refractivity contribution in [1.82, 2.24) is 10.2 Å². The average molecular weight is 340 g/mol. The molecule has 6 heteroatoms. The van der Waals surface area contributed by atoms with E-state index >= 15 is 0 Å². The summed E-state index contributed by atoms with van der Waals surface area (Å²) in [7, 11) is 0. The molecule has 0 aromatic heterocycles. The Morgan fingerprint density at radius 1 is 1.40 bits per heavy atom. The Labute approximate surface area is 126 Å². The Bertz CT molecular complexity index is 514. The minimum absolute atomic E-state index is 0.0466. The molecule has 5 nitrogen and oxygen atoms in total. The van der Waals surface area contributed by atoms with Gasteiger partial charge in [-0.05, 0) is 38.1 Å². The van der Waals surface area contributed by atoms with E-state index in [1.54, 1.807) is 4.90 Å². The number of nitrogens with one attached hydrogen (secondary N) is 2. The smallest absolute Gasteiger partial charge is 0.243 e. The molecule has 2 rings (SSSR count). The van der Waals surface area contributed by atoms with Gasteiger partial charge in [-0.2, -0.15) is 0 Å². The summed E-state index contributed by atoms with van der Waals surface area (Å²) in [5.41, 5.74) is 0.121. The molecule has 1 aromatic rings. The van der Waals surface area contributed by atoms with E-state index in [9.17, 15) is 9.59 Å². The quantitative estimate of drug-likeness (QED) is 0.879. The molecule has 0 aliphatic carbocycles. The van der Waals surface area contributed by atoms with E-state index in [1.165, 1.54) is 0 Å². The van der Waals surface area contributed by atoms with Gasteiger partial charge in [0.1, 0.15) is 0 Å². The lowest BCUT2D eigenvalue weighted by Crippen LogP contribution is -2.62. The topological polar surface area (TPSA) is 61.4 Å². The summed E-state index contributed by atoms with van der Waals surface area (Å²) in [6.45, 7) is 4.99. The van der Waals surface area contributed by atoms with Crippen LogP contribution in [0.4, 0.5) is 5.69 Å². The van der Waals surface area contributed by atoms with Gasteiger partial charge in [0.25, 0.3) is 0 Å². The van der Waals surface area contributed by atoms with Crippen LogP contribution in [0.15, 0.2) is 28.7 Å². The first-order chi connectivity index (χ1) is 9.38. The fraction of sp³-hybridized carbons (Fsp3) is 0.429. The molecule has 108 valence electrons. The number of halogens is 1. The molecular weight excluding hydrogens is 322 g/mol. The van der Waals surface area contributed by atoms with E-state index in [2.05, 4.69) is 26.6 Å². The van der Waals surface area contributed by atoms with E-state index in [0.29, 0.717) is 13.1 Å². The molecule has 0 bridgehead atoms. The van der Waals surface area contributed by atoms with Gasteiger partial charge in [0, 0.05) is 23.2 Å². The monoisotopic (exact) mass is 339 g/mol. The second-order valence-electron chi connectivity index (χ2n) is 5.33. The number of anilines is 1. The number of benzene rings is 1. The minimum atomic E-state index is -0.601. The molecule has 0 spiro atoms. The fourth-order valence-corrected chi connectivity index (χ4v) is 2.40. The SMILES string of the molecule is CC1(C)NCCN(CC(=O)Nc2ccc(Br)cc2)C1=O. The summed E-state index contributed by atoms with van der Waals surface area (Å²) in [6.07, 6.45) is 0. The lowest BCUT2D eigenvalue weighted by Gasteiger charge is -2.37. The van der Waals surface area contributed by atoms with Crippen molar-refractivity contribution in [1.29, 1.82) is 0 Å². The summed E-state index contributed by atoms with van der Waals surface area (Å²) in [5, 5.41) is 5.93. The molecule has 0 radical (unpaired) electrons. The minimum Gasteiger partial charge on any atom is -0.331 e. The molecule has 1 fully saturated rings. The van der Waals surface area contributed by atoms with Crippen molar-refractivity contribution in [2.45, 2.75) is 19.4 Å². The zero-order chi connectivity index (χ0) is 14.8. The van der Waals surface area contributed by atoms with Crippen LogP contribution in [0, 0.1) is 0 Å². The van der Waals surface area contributed by atoms with Gasteiger partial charge in [0.15, 0.2) is 0 Å². The first-order valence-electron chi connectivity index (χ1n) is 6.48. The zero-order valence-corrected chi connectivity index (χ0v) is 13.2. The Kier molecular flexibility index (Phi) is 4.45. The van der Waals surface area contributed by atoms with Gasteiger partial charge in [0.2, 0.25) is 11.8 Å². The zero-order valence-electron chi connectivity index (χ0n) is 11.6. The number of nitrogens with zero attached hydrogens (tertiary/aromatic N) is 1. The second-order valence-corrected chi connectivity index (χ2v) is 6.25. The number of amides is 2. The molecule has 0 atom stereocenters. The van der Waals surface area contributed by atoms with E-state index < -0.39 is 5.54 Å². The first-order valence-corrected chi connectivity index (χ1v) is 7.27. The Morgan fingerprint density at radius 3 is 2.70 bits per heavy atom. The van der Waals surface area contributed by atoms with Crippen molar-refractivity contribution in [2.75, 3.05) is 25.0 Å². The second kappa shape index (κ2) is 5.93. The van der Waals surface area contributed by atoms with Crippen molar-refractivity contribution >= 4 is 33.4 Å². The van der Waals surface area contributed by atoms with Crippen LogP contribution in [0.25, 0.3) is 0 Å². The molecule has 1 aromatic carbocycles. The molecule has 20 heavy (non-hydrogen) atoms. The van der Waals surface area contributed by atoms with Gasteiger partial charge >= 0.3 is 0 Å². The third-order valence-corrected chi connectivity index (χ3v) is 3.76. The summed E-state index contributed by atoms with van der Waals surface area (Å²) < 4.78 is 0.953. The third kappa shape index (κ3) is 3.58. The molecule has 1 aliphatic heterocycles. The molecule has 0 unspecified atom stereocenters. The molecule has 0 saturated carbocycles. The molecular formula is C14H18BrN3O2. The van der Waals surface area contributed by atoms with Gasteiger partial charge in [0.05, 0.1) is 12.1 Å². The Balaban J connectivity index is 1.94. The van der Waals surface area contributed by atoms with E-state index in [0.717, 1.165) is 10.2 Å². The predicted octanol–water partition coefficient (Wildman–Crippen LogP) is 1.60. The van der Waals surface area contributed by atoms with E-state index in [1.807, 2.05) is 38.1 Å². The maximum absolute atomic E-state index is 12.2. The standard InChI is InChI=1S/C14H18BrN3O2/c1-14(2)13(20)18(8-7-16-14)9-12(19)17-11-5-3-10(15)4-6-11/h3-6,16H,7-9H2,1-2H3,(H,17,19). The van der Waals surface area contributed by atoms with E-state index in [-0.39, 0.29) is 18.4 Å². The summed E-state index contributed by atoms with van der Waals surface area (Å²) >= 11 is 3.34. The molecule has 1 heterocycles. The van der Waals surface area contributed by atoms with Gasteiger partial charge in [-0.3, -0.25) is 9.59 Å². The highest BCUT2D eigenvalue weighted by molar-refractivity contribution is 9.10. The van der Waals surface area contributed by atoms with Crippen molar-refractivity contribution in [3.8, 4) is 0 Å². The van der Waals surface area contributed by atoms with Crippen LogP contribution in [0.2, 0.25) is 0 Å². The Hall–Kier alpha value is -1.40. The molecule has 2 N–H and O–H groups in total. The average Bonchev–Trinajstić information content (AvgIpc) is 2.38. The van der Waals surface area contributed by atoms with Gasteiger partial charge in [-0.1, -0.05) is 15.9 Å². The molecule has 1 saturated heterocycles. The number of piperazine rings is 1. The Morgan fingerprint density at radius 2 is 2.05 bits per heavy atom. The van der Waals surface area contributed by atoms with Crippen molar-refractivity contribution in [3.05, 3.63) is 28.7 Å². The fourth-order valence-electron chi connectivity index (χ4n) is 2.13. The number of hydrogen-bond acceptors (Lipinski definition) is 3. The predicted molar refractivity (Wildman–Crippen MR) is 81.4 cm³/mol. The summed E-state index contributed by atoms with van der Waals surface area (Å²) in [4.78, 5) is 25.7. The number of carbonyl (C=O) groups excluding carboxylic acids is 2. The number of hydrogen-bond donors (Lipinski definition) is 2. The highest BCUT2D eigenvalue weighted by Crippen LogP contribution is 2.15. The highest BCUT2D eigenvalue weighted by Gasteiger charge is 2.35. The van der Waals surface area contributed by atoms with Gasteiger partial charge in [-0.15, -0.1) is 0 Å². The van der Waals surface area contributed by atoms with Crippen LogP contribution < -0.4 is 10.6 Å². The summed E-state index contributed by atoms with van der Waals surface area (Å²) in [6, 6.07) is 7.33. The maximum Gasteiger partial charge on any atom is 0.243 e. The number of rotatable bonds is 3. The lowest BCUT2D eigenvalue weighted by molar-refractivity contribution is -0.142. The largest absolute Gasteiger partial charge is 0.331 e. The molecule has 1 aliphatic rings. The van der Waals surface area contributed by atoms with Crippen LogP contribution in [0.5, 0.6) is 0 Å². The molecule has 2 amide bonds. The maximum atomic E-state index is 12.2. The van der Waals surface area contributed by atoms with Gasteiger partial charge < -0.3 is 15.5 Å². The third-order valence-electron chi connectivity index (χ3n) is 3.23. The first kappa shape index (κ1) is 15.0.